The summed E-state index contributed by atoms with van der Waals surface area (Å²) in [5.74, 6) is 0.270. The van der Waals surface area contributed by atoms with Crippen LogP contribution in [-0.4, -0.2) is 5.11 Å². The van der Waals surface area contributed by atoms with Gasteiger partial charge in [0, 0.05) is 12.1 Å². The number of aromatic hydroxyl groups is 1. The van der Waals surface area contributed by atoms with E-state index in [0.717, 1.165) is 16.8 Å². The molecule has 0 spiro atoms. The zero-order valence-electron chi connectivity index (χ0n) is 9.87. The summed E-state index contributed by atoms with van der Waals surface area (Å²) in [5, 5.41) is 13.9. The smallest absolute Gasteiger partial charge is 0.120 e. The van der Waals surface area contributed by atoms with Crippen LogP contribution in [0.15, 0.2) is 36.4 Å². The highest BCUT2D eigenvalue weighted by atomic mass is 35.5. The Kier molecular flexibility index (Phi) is 4.00. The second-order valence-electron chi connectivity index (χ2n) is 4.09. The van der Waals surface area contributed by atoms with Crippen LogP contribution in [0.1, 0.15) is 11.1 Å². The molecule has 0 aliphatic carbocycles. The summed E-state index contributed by atoms with van der Waals surface area (Å²) < 4.78 is 0. The van der Waals surface area contributed by atoms with Crippen molar-refractivity contribution in [2.75, 3.05) is 5.32 Å². The van der Waals surface area contributed by atoms with Gasteiger partial charge in [-0.15, -0.1) is 0 Å². The summed E-state index contributed by atoms with van der Waals surface area (Å²) in [5.41, 5.74) is 2.68. The van der Waals surface area contributed by atoms with E-state index in [0.29, 0.717) is 16.6 Å². The van der Waals surface area contributed by atoms with Crippen LogP contribution >= 0.6 is 23.2 Å². The van der Waals surface area contributed by atoms with Gasteiger partial charge in [-0.3, -0.25) is 0 Å². The SMILES string of the molecule is Cc1ccc(O)c(CNc2cccc(Cl)c2Cl)c1. The zero-order valence-corrected chi connectivity index (χ0v) is 11.4. The van der Waals surface area contributed by atoms with Crippen LogP contribution in [0.4, 0.5) is 5.69 Å². The number of nitrogens with one attached hydrogen (secondary N) is 1. The Balaban J connectivity index is 2.16. The van der Waals surface area contributed by atoms with Gasteiger partial charge in [0.15, 0.2) is 0 Å². The molecule has 94 valence electrons. The molecule has 0 heterocycles. The van der Waals surface area contributed by atoms with Crippen molar-refractivity contribution in [2.24, 2.45) is 0 Å². The molecule has 18 heavy (non-hydrogen) atoms. The predicted octanol–water partition coefficient (Wildman–Crippen LogP) is 4.62. The third kappa shape index (κ3) is 2.89. The average Bonchev–Trinajstić information content (AvgIpc) is 2.35. The van der Waals surface area contributed by atoms with Crippen molar-refractivity contribution >= 4 is 28.9 Å². The van der Waals surface area contributed by atoms with Crippen molar-refractivity contribution in [1.82, 2.24) is 0 Å². The molecule has 0 bridgehead atoms. The fourth-order valence-electron chi connectivity index (χ4n) is 1.69. The normalized spacial score (nSPS) is 10.4. The Hall–Kier alpha value is -1.38. The fourth-order valence-corrected chi connectivity index (χ4v) is 2.05. The Bertz CT molecular complexity index is 568. The Morgan fingerprint density at radius 1 is 1.17 bits per heavy atom. The maximum atomic E-state index is 9.74. The second-order valence-corrected chi connectivity index (χ2v) is 4.87. The molecular weight excluding hydrogens is 269 g/mol. The van der Waals surface area contributed by atoms with Crippen LogP contribution in [0.5, 0.6) is 5.75 Å². The lowest BCUT2D eigenvalue weighted by Gasteiger charge is -2.11. The van der Waals surface area contributed by atoms with Crippen molar-refractivity contribution in [3.8, 4) is 5.75 Å². The van der Waals surface area contributed by atoms with Crippen molar-refractivity contribution in [2.45, 2.75) is 13.5 Å². The van der Waals surface area contributed by atoms with E-state index >= 15 is 0 Å². The monoisotopic (exact) mass is 281 g/mol. The van der Waals surface area contributed by atoms with E-state index in [-0.39, 0.29) is 5.75 Å². The first-order valence-electron chi connectivity index (χ1n) is 5.54. The van der Waals surface area contributed by atoms with Gasteiger partial charge >= 0.3 is 0 Å². The molecule has 2 aromatic carbocycles. The number of hydrogen-bond acceptors (Lipinski definition) is 2. The number of hydrogen-bond donors (Lipinski definition) is 2. The molecule has 2 N–H and O–H groups in total. The maximum absolute atomic E-state index is 9.74. The summed E-state index contributed by atoms with van der Waals surface area (Å²) in [6.45, 7) is 2.48. The van der Waals surface area contributed by atoms with Crippen molar-refractivity contribution in [1.29, 1.82) is 0 Å². The van der Waals surface area contributed by atoms with Crippen molar-refractivity contribution < 1.29 is 5.11 Å². The van der Waals surface area contributed by atoms with Gasteiger partial charge in [-0.1, -0.05) is 47.0 Å². The van der Waals surface area contributed by atoms with Gasteiger partial charge in [0.2, 0.25) is 0 Å². The number of phenols is 1. The molecule has 0 amide bonds. The highest BCUT2D eigenvalue weighted by molar-refractivity contribution is 6.43. The van der Waals surface area contributed by atoms with Gasteiger partial charge < -0.3 is 10.4 Å². The molecule has 0 aliphatic rings. The molecule has 0 atom stereocenters. The lowest BCUT2D eigenvalue weighted by molar-refractivity contribution is 0.469. The molecule has 0 aromatic heterocycles. The van der Waals surface area contributed by atoms with E-state index in [1.54, 1.807) is 12.1 Å². The molecule has 0 saturated heterocycles. The van der Waals surface area contributed by atoms with Crippen molar-refractivity contribution in [3.05, 3.63) is 57.6 Å². The minimum atomic E-state index is 0.270. The molecule has 0 aliphatic heterocycles. The van der Waals surface area contributed by atoms with Gasteiger partial charge in [0.05, 0.1) is 15.7 Å². The largest absolute Gasteiger partial charge is 0.508 e. The highest BCUT2D eigenvalue weighted by Gasteiger charge is 2.05. The number of phenolic OH excluding ortho intramolecular Hbond substituents is 1. The quantitative estimate of drug-likeness (QED) is 0.861. The number of benzene rings is 2. The predicted molar refractivity (Wildman–Crippen MR) is 76.6 cm³/mol. The zero-order chi connectivity index (χ0) is 13.1. The summed E-state index contributed by atoms with van der Waals surface area (Å²) in [6.07, 6.45) is 0. The van der Waals surface area contributed by atoms with Gasteiger partial charge in [-0.25, -0.2) is 0 Å². The minimum absolute atomic E-state index is 0.270. The molecule has 0 unspecified atom stereocenters. The highest BCUT2D eigenvalue weighted by Crippen LogP contribution is 2.30. The number of anilines is 1. The van der Waals surface area contributed by atoms with Gasteiger partial charge in [-0.2, -0.15) is 0 Å². The van der Waals surface area contributed by atoms with Crippen molar-refractivity contribution in [3.63, 3.8) is 0 Å². The lowest BCUT2D eigenvalue weighted by Crippen LogP contribution is -2.00. The summed E-state index contributed by atoms with van der Waals surface area (Å²) in [6, 6.07) is 10.9. The van der Waals surface area contributed by atoms with Gasteiger partial charge in [-0.05, 0) is 25.1 Å². The lowest BCUT2D eigenvalue weighted by atomic mass is 10.1. The van der Waals surface area contributed by atoms with E-state index in [1.807, 2.05) is 31.2 Å². The first kappa shape index (κ1) is 13.1. The Morgan fingerprint density at radius 2 is 1.94 bits per heavy atom. The van der Waals surface area contributed by atoms with E-state index < -0.39 is 0 Å². The third-order valence-corrected chi connectivity index (χ3v) is 3.47. The number of halogens is 2. The molecule has 2 aromatic rings. The first-order valence-corrected chi connectivity index (χ1v) is 6.30. The van der Waals surface area contributed by atoms with Gasteiger partial charge in [0.25, 0.3) is 0 Å². The molecule has 2 rings (SSSR count). The van der Waals surface area contributed by atoms with Crippen LogP contribution in [0.3, 0.4) is 0 Å². The Morgan fingerprint density at radius 3 is 2.72 bits per heavy atom. The van der Waals surface area contributed by atoms with E-state index in [1.165, 1.54) is 0 Å². The third-order valence-electron chi connectivity index (χ3n) is 2.66. The maximum Gasteiger partial charge on any atom is 0.120 e. The topological polar surface area (TPSA) is 32.3 Å². The summed E-state index contributed by atoms with van der Waals surface area (Å²) in [4.78, 5) is 0. The summed E-state index contributed by atoms with van der Waals surface area (Å²) in [7, 11) is 0. The standard InChI is InChI=1S/C14H13Cl2NO/c1-9-5-6-13(18)10(7-9)8-17-12-4-2-3-11(15)14(12)16/h2-7,17-18H,8H2,1H3. The molecule has 0 radical (unpaired) electrons. The number of rotatable bonds is 3. The van der Waals surface area contributed by atoms with E-state index in [2.05, 4.69) is 5.32 Å². The summed E-state index contributed by atoms with van der Waals surface area (Å²) >= 11 is 12.0. The molecule has 0 fully saturated rings. The molecule has 0 saturated carbocycles. The first-order chi connectivity index (χ1) is 8.58. The molecular formula is C14H13Cl2NO. The average molecular weight is 282 g/mol. The Labute approximate surface area is 116 Å². The second kappa shape index (κ2) is 5.51. The van der Waals surface area contributed by atoms with Crippen LogP contribution < -0.4 is 5.32 Å². The minimum Gasteiger partial charge on any atom is -0.508 e. The van der Waals surface area contributed by atoms with Gasteiger partial charge in [0.1, 0.15) is 5.75 Å². The van der Waals surface area contributed by atoms with Crippen LogP contribution in [0.2, 0.25) is 10.0 Å². The molecule has 4 heteroatoms. The van der Waals surface area contributed by atoms with E-state index in [9.17, 15) is 5.11 Å². The van der Waals surface area contributed by atoms with Crippen LogP contribution in [-0.2, 0) is 6.54 Å². The van der Waals surface area contributed by atoms with Crippen LogP contribution in [0.25, 0.3) is 0 Å². The van der Waals surface area contributed by atoms with Crippen LogP contribution in [0, 0.1) is 6.92 Å². The number of aryl methyl sites for hydroxylation is 1. The molecule has 2 nitrogen and oxygen atoms in total. The van der Waals surface area contributed by atoms with E-state index in [4.69, 9.17) is 23.2 Å². The fraction of sp³-hybridized carbons (Fsp3) is 0.143.